The Morgan fingerprint density at radius 2 is 2.00 bits per heavy atom. The lowest BCUT2D eigenvalue weighted by Gasteiger charge is -2.33. The third-order valence-corrected chi connectivity index (χ3v) is 5.45. The third-order valence-electron chi connectivity index (χ3n) is 3.82. The number of hydrogen-bond donors (Lipinski definition) is 1. The van der Waals surface area contributed by atoms with Gasteiger partial charge in [-0.15, -0.1) is 11.3 Å². The van der Waals surface area contributed by atoms with Crippen LogP contribution in [0.1, 0.15) is 23.4 Å². The maximum Gasteiger partial charge on any atom is 0.0595 e. The second-order valence-corrected chi connectivity index (χ2v) is 7.07. The van der Waals surface area contributed by atoms with Crippen LogP contribution in [0, 0.1) is 0 Å². The van der Waals surface area contributed by atoms with Crippen molar-refractivity contribution in [1.82, 2.24) is 4.90 Å². The summed E-state index contributed by atoms with van der Waals surface area (Å²) >= 11 is 13.9. The largest absolute Gasteiger partial charge is 0.329 e. The summed E-state index contributed by atoms with van der Waals surface area (Å²) in [4.78, 5) is 3.69. The highest BCUT2D eigenvalue weighted by Gasteiger charge is 2.21. The average molecular weight is 343 g/mol. The number of likely N-dealkylation sites (N-methyl/N-ethyl adjacent to an activating group) is 1. The minimum Gasteiger partial charge on any atom is -0.329 e. The molecule has 0 spiro atoms. The van der Waals surface area contributed by atoms with Crippen LogP contribution in [-0.4, -0.2) is 24.5 Å². The van der Waals surface area contributed by atoms with Crippen LogP contribution in [0.15, 0.2) is 35.7 Å². The molecule has 2 rings (SSSR count). The number of halogens is 2. The number of nitrogens with zero attached hydrogens (tertiary/aromatic N) is 1. The molecule has 1 heterocycles. The Morgan fingerprint density at radius 3 is 2.57 bits per heavy atom. The van der Waals surface area contributed by atoms with E-state index < -0.39 is 0 Å². The summed E-state index contributed by atoms with van der Waals surface area (Å²) in [6, 6.07) is 10.5. The first-order chi connectivity index (χ1) is 10.0. The van der Waals surface area contributed by atoms with Crippen molar-refractivity contribution in [3.05, 3.63) is 56.2 Å². The summed E-state index contributed by atoms with van der Waals surface area (Å²) in [5.74, 6) is 0. The molecule has 21 heavy (non-hydrogen) atoms. The zero-order chi connectivity index (χ0) is 15.4. The van der Waals surface area contributed by atoms with E-state index in [9.17, 15) is 0 Å². The molecule has 114 valence electrons. The molecule has 0 aliphatic heterocycles. The van der Waals surface area contributed by atoms with E-state index in [0.717, 1.165) is 12.0 Å². The number of rotatable bonds is 6. The minimum atomic E-state index is 0.134. The zero-order valence-electron chi connectivity index (χ0n) is 12.2. The molecule has 0 bridgehead atoms. The molecule has 2 aromatic rings. The smallest absolute Gasteiger partial charge is 0.0595 e. The van der Waals surface area contributed by atoms with Gasteiger partial charge >= 0.3 is 0 Å². The van der Waals surface area contributed by atoms with Gasteiger partial charge in [0.1, 0.15) is 0 Å². The fraction of sp³-hybridized carbons (Fsp3) is 0.375. The van der Waals surface area contributed by atoms with Gasteiger partial charge in [-0.25, -0.2) is 0 Å². The van der Waals surface area contributed by atoms with Crippen LogP contribution >= 0.6 is 34.5 Å². The Morgan fingerprint density at radius 1 is 1.24 bits per heavy atom. The van der Waals surface area contributed by atoms with Crippen molar-refractivity contribution in [2.75, 3.05) is 13.6 Å². The first-order valence-corrected chi connectivity index (χ1v) is 8.55. The van der Waals surface area contributed by atoms with Crippen molar-refractivity contribution in [3.63, 3.8) is 0 Å². The fourth-order valence-electron chi connectivity index (χ4n) is 2.43. The summed E-state index contributed by atoms with van der Waals surface area (Å²) in [6.07, 6.45) is 1.02. The molecule has 2 unspecified atom stereocenters. The lowest BCUT2D eigenvalue weighted by Crippen LogP contribution is -2.38. The van der Waals surface area contributed by atoms with Crippen molar-refractivity contribution in [2.45, 2.75) is 25.4 Å². The standard InChI is InChI=1S/C16H20Cl2N2S/c1-11(8-13-4-3-7-21-13)20(2)16(10-19)12-5-6-14(17)15(18)9-12/h3-7,9,11,16H,8,10,19H2,1-2H3. The van der Waals surface area contributed by atoms with Gasteiger partial charge in [0.25, 0.3) is 0 Å². The van der Waals surface area contributed by atoms with Crippen molar-refractivity contribution < 1.29 is 0 Å². The predicted molar refractivity (Wildman–Crippen MR) is 93.5 cm³/mol. The first kappa shape index (κ1) is 16.8. The molecular weight excluding hydrogens is 323 g/mol. The molecular formula is C16H20Cl2N2S. The van der Waals surface area contributed by atoms with Crippen LogP contribution in [0.4, 0.5) is 0 Å². The van der Waals surface area contributed by atoms with Crippen LogP contribution < -0.4 is 5.73 Å². The molecule has 0 radical (unpaired) electrons. The van der Waals surface area contributed by atoms with Gasteiger partial charge in [0.15, 0.2) is 0 Å². The normalized spacial score (nSPS) is 14.4. The Kier molecular flexibility index (Phi) is 6.08. The third kappa shape index (κ3) is 4.21. The molecule has 0 saturated heterocycles. The zero-order valence-corrected chi connectivity index (χ0v) is 14.6. The predicted octanol–water partition coefficient (Wildman–Crippen LogP) is 4.62. The van der Waals surface area contributed by atoms with Gasteiger partial charge in [-0.05, 0) is 49.5 Å². The van der Waals surface area contributed by atoms with Crippen LogP contribution in [0.2, 0.25) is 10.0 Å². The van der Waals surface area contributed by atoms with Crippen LogP contribution in [-0.2, 0) is 6.42 Å². The Hall–Kier alpha value is -0.580. The molecule has 2 nitrogen and oxygen atoms in total. The average Bonchev–Trinajstić information content (AvgIpc) is 2.96. The summed E-state index contributed by atoms with van der Waals surface area (Å²) in [5.41, 5.74) is 7.09. The molecule has 5 heteroatoms. The number of benzene rings is 1. The van der Waals surface area contributed by atoms with Gasteiger partial charge in [-0.2, -0.15) is 0 Å². The number of nitrogens with two attached hydrogens (primary N) is 1. The van der Waals surface area contributed by atoms with Crippen LogP contribution in [0.3, 0.4) is 0 Å². The van der Waals surface area contributed by atoms with Gasteiger partial charge in [0.05, 0.1) is 10.0 Å². The highest BCUT2D eigenvalue weighted by Crippen LogP contribution is 2.29. The van der Waals surface area contributed by atoms with Gasteiger partial charge in [0.2, 0.25) is 0 Å². The van der Waals surface area contributed by atoms with Gasteiger partial charge in [-0.1, -0.05) is 35.3 Å². The lowest BCUT2D eigenvalue weighted by atomic mass is 10.0. The summed E-state index contributed by atoms with van der Waals surface area (Å²) in [7, 11) is 2.11. The highest BCUT2D eigenvalue weighted by molar-refractivity contribution is 7.09. The van der Waals surface area contributed by atoms with Crippen molar-refractivity contribution in [3.8, 4) is 0 Å². The van der Waals surface area contributed by atoms with E-state index in [1.807, 2.05) is 18.2 Å². The van der Waals surface area contributed by atoms with Crippen molar-refractivity contribution in [1.29, 1.82) is 0 Å². The molecule has 0 saturated carbocycles. The summed E-state index contributed by atoms with van der Waals surface area (Å²) in [5, 5.41) is 3.26. The number of thiophene rings is 1. The Labute approximate surface area is 140 Å². The van der Waals surface area contributed by atoms with Gasteiger partial charge in [0, 0.05) is 23.5 Å². The summed E-state index contributed by atoms with van der Waals surface area (Å²) < 4.78 is 0. The topological polar surface area (TPSA) is 29.3 Å². The second-order valence-electron chi connectivity index (χ2n) is 5.22. The fourth-order valence-corrected chi connectivity index (χ4v) is 3.56. The van der Waals surface area contributed by atoms with Crippen LogP contribution in [0.25, 0.3) is 0 Å². The van der Waals surface area contributed by atoms with Crippen molar-refractivity contribution in [2.24, 2.45) is 5.73 Å². The molecule has 2 atom stereocenters. The molecule has 1 aromatic heterocycles. The Balaban J connectivity index is 2.13. The Bertz CT molecular complexity index is 572. The van der Waals surface area contributed by atoms with E-state index in [1.54, 1.807) is 11.3 Å². The molecule has 0 aliphatic carbocycles. The van der Waals surface area contributed by atoms with E-state index >= 15 is 0 Å². The quantitative estimate of drug-likeness (QED) is 0.829. The van der Waals surface area contributed by atoms with Crippen molar-refractivity contribution >= 4 is 34.5 Å². The highest BCUT2D eigenvalue weighted by atomic mass is 35.5. The van der Waals surface area contributed by atoms with Crippen LogP contribution in [0.5, 0.6) is 0 Å². The second kappa shape index (κ2) is 7.61. The molecule has 0 aliphatic rings. The maximum atomic E-state index is 6.12. The van der Waals surface area contributed by atoms with E-state index in [0.29, 0.717) is 22.6 Å². The molecule has 1 aromatic carbocycles. The number of hydrogen-bond acceptors (Lipinski definition) is 3. The first-order valence-electron chi connectivity index (χ1n) is 6.92. The van der Waals surface area contributed by atoms with E-state index in [4.69, 9.17) is 28.9 Å². The summed E-state index contributed by atoms with van der Waals surface area (Å²) in [6.45, 7) is 2.77. The van der Waals surface area contributed by atoms with Gasteiger partial charge < -0.3 is 5.73 Å². The lowest BCUT2D eigenvalue weighted by molar-refractivity contribution is 0.188. The van der Waals surface area contributed by atoms with E-state index in [-0.39, 0.29) is 6.04 Å². The SMILES string of the molecule is CC(Cc1cccs1)N(C)C(CN)c1ccc(Cl)c(Cl)c1. The maximum absolute atomic E-state index is 6.12. The molecule has 0 fully saturated rings. The van der Waals surface area contributed by atoms with E-state index in [2.05, 4.69) is 36.4 Å². The molecule has 0 amide bonds. The monoisotopic (exact) mass is 342 g/mol. The van der Waals surface area contributed by atoms with Gasteiger partial charge in [-0.3, -0.25) is 4.90 Å². The van der Waals surface area contributed by atoms with E-state index in [1.165, 1.54) is 4.88 Å². The minimum absolute atomic E-state index is 0.134. The molecule has 2 N–H and O–H groups in total.